The van der Waals surface area contributed by atoms with Gasteiger partial charge in [0.1, 0.15) is 4.60 Å². The van der Waals surface area contributed by atoms with Gasteiger partial charge in [-0.15, -0.1) is 0 Å². The Morgan fingerprint density at radius 1 is 1.77 bits per heavy atom. The maximum absolute atomic E-state index is 11.0. The highest BCUT2D eigenvalue weighted by Gasteiger charge is 2.10. The molecule has 4 nitrogen and oxygen atoms in total. The number of rotatable bonds is 3. The Morgan fingerprint density at radius 2 is 2.46 bits per heavy atom. The first-order valence-corrected chi connectivity index (χ1v) is 4.75. The van der Waals surface area contributed by atoms with Crippen molar-refractivity contribution in [2.24, 2.45) is 0 Å². The van der Waals surface area contributed by atoms with Crippen LogP contribution in [0, 0.1) is 0 Å². The van der Waals surface area contributed by atoms with Crippen molar-refractivity contribution in [3.8, 4) is 0 Å². The number of carbonyl (C=O) groups excluding carboxylic acids is 1. The fourth-order valence-electron chi connectivity index (χ4n) is 0.976. The van der Waals surface area contributed by atoms with E-state index in [1.54, 1.807) is 10.9 Å². The third-order valence-electron chi connectivity index (χ3n) is 1.71. The number of hydrogen-bond donors (Lipinski definition) is 0. The molecule has 0 fully saturated rings. The molecule has 0 aliphatic carbocycles. The number of esters is 1. The Bertz CT molecular complexity index is 309. The Morgan fingerprint density at radius 3 is 2.92 bits per heavy atom. The number of nitrogens with zero attached hydrogens (tertiary/aromatic N) is 2. The molecule has 1 rings (SSSR count). The molecule has 5 heteroatoms. The van der Waals surface area contributed by atoms with Crippen molar-refractivity contribution in [3.05, 3.63) is 16.4 Å². The van der Waals surface area contributed by atoms with Crippen molar-refractivity contribution in [1.82, 2.24) is 9.78 Å². The fourth-order valence-corrected chi connectivity index (χ4v) is 1.56. The van der Waals surface area contributed by atoms with E-state index < -0.39 is 0 Å². The first-order valence-electron chi connectivity index (χ1n) is 3.96. The van der Waals surface area contributed by atoms with Crippen molar-refractivity contribution in [3.63, 3.8) is 0 Å². The summed E-state index contributed by atoms with van der Waals surface area (Å²) in [5, 5.41) is 4.08. The molecule has 0 bridgehead atoms. The van der Waals surface area contributed by atoms with E-state index in [1.165, 1.54) is 7.11 Å². The van der Waals surface area contributed by atoms with E-state index in [2.05, 4.69) is 25.8 Å². The molecule has 0 aliphatic rings. The van der Waals surface area contributed by atoms with Gasteiger partial charge in [-0.3, -0.25) is 9.48 Å². The van der Waals surface area contributed by atoms with Crippen molar-refractivity contribution >= 4 is 21.9 Å². The summed E-state index contributed by atoms with van der Waals surface area (Å²) in [5.74, 6) is -0.253. The zero-order valence-corrected chi connectivity index (χ0v) is 9.17. The minimum atomic E-state index is -0.253. The maximum Gasteiger partial charge on any atom is 0.310 e. The zero-order valence-electron chi connectivity index (χ0n) is 7.58. The lowest BCUT2D eigenvalue weighted by atomic mass is 10.3. The van der Waals surface area contributed by atoms with E-state index in [0.29, 0.717) is 0 Å². The van der Waals surface area contributed by atoms with E-state index in [4.69, 9.17) is 0 Å². The molecule has 0 atom stereocenters. The number of methoxy groups -OCH3 is 1. The van der Waals surface area contributed by atoms with Gasteiger partial charge in [0, 0.05) is 12.1 Å². The van der Waals surface area contributed by atoms with E-state index in [0.717, 1.165) is 16.7 Å². The topological polar surface area (TPSA) is 44.1 Å². The molecule has 0 saturated carbocycles. The number of aryl methyl sites for hydroxylation is 1. The van der Waals surface area contributed by atoms with Crippen LogP contribution in [0.1, 0.15) is 12.5 Å². The van der Waals surface area contributed by atoms with Crippen LogP contribution in [-0.4, -0.2) is 22.9 Å². The Kier molecular flexibility index (Phi) is 3.48. The molecule has 1 aromatic heterocycles. The number of ether oxygens (including phenoxy) is 1. The van der Waals surface area contributed by atoms with Gasteiger partial charge in [0.15, 0.2) is 0 Å². The standard InChI is InChI=1S/C8H11BrN2O2/c1-3-11-8(9)6(5-10-11)4-7(12)13-2/h5H,3-4H2,1-2H3. The summed E-state index contributed by atoms with van der Waals surface area (Å²) in [5.41, 5.74) is 0.855. The van der Waals surface area contributed by atoms with Gasteiger partial charge in [0.2, 0.25) is 0 Å². The second-order valence-electron chi connectivity index (χ2n) is 2.53. The van der Waals surface area contributed by atoms with Gasteiger partial charge in [0.05, 0.1) is 19.7 Å². The number of carbonyl (C=O) groups is 1. The van der Waals surface area contributed by atoms with Crippen LogP contribution in [-0.2, 0) is 22.5 Å². The summed E-state index contributed by atoms with van der Waals surface area (Å²) in [6.07, 6.45) is 1.93. The van der Waals surface area contributed by atoms with Gasteiger partial charge in [-0.05, 0) is 22.9 Å². The Hall–Kier alpha value is -0.840. The number of aromatic nitrogens is 2. The van der Waals surface area contributed by atoms with Crippen LogP contribution in [0.2, 0.25) is 0 Å². The van der Waals surface area contributed by atoms with Crippen LogP contribution in [0.25, 0.3) is 0 Å². The maximum atomic E-state index is 11.0. The molecule has 0 spiro atoms. The highest BCUT2D eigenvalue weighted by molar-refractivity contribution is 9.10. The van der Waals surface area contributed by atoms with Crippen LogP contribution in [0.4, 0.5) is 0 Å². The van der Waals surface area contributed by atoms with Crippen LogP contribution >= 0.6 is 15.9 Å². The SMILES string of the molecule is CCn1ncc(CC(=O)OC)c1Br. The normalized spacial score (nSPS) is 10.1. The summed E-state index contributed by atoms with van der Waals surface area (Å²) < 4.78 is 7.18. The van der Waals surface area contributed by atoms with Gasteiger partial charge in [-0.2, -0.15) is 5.10 Å². The zero-order chi connectivity index (χ0) is 9.84. The lowest BCUT2D eigenvalue weighted by molar-refractivity contribution is -0.139. The summed E-state index contributed by atoms with van der Waals surface area (Å²) in [6.45, 7) is 2.77. The first-order chi connectivity index (χ1) is 6.19. The van der Waals surface area contributed by atoms with Gasteiger partial charge in [-0.1, -0.05) is 0 Å². The average Bonchev–Trinajstić information content (AvgIpc) is 2.48. The minimum Gasteiger partial charge on any atom is -0.469 e. The molecule has 0 unspecified atom stereocenters. The third kappa shape index (κ3) is 2.30. The summed E-state index contributed by atoms with van der Waals surface area (Å²) in [6, 6.07) is 0. The molecular formula is C8H11BrN2O2. The number of halogens is 1. The smallest absolute Gasteiger partial charge is 0.310 e. The predicted octanol–water partition coefficient (Wildman–Crippen LogP) is 1.38. The molecule has 1 aromatic rings. The van der Waals surface area contributed by atoms with E-state index in [1.807, 2.05) is 6.92 Å². The quantitative estimate of drug-likeness (QED) is 0.758. The van der Waals surface area contributed by atoms with Crippen LogP contribution in [0.5, 0.6) is 0 Å². The molecule has 13 heavy (non-hydrogen) atoms. The first kappa shape index (κ1) is 10.2. The summed E-state index contributed by atoms with van der Waals surface area (Å²) in [4.78, 5) is 11.0. The molecule has 72 valence electrons. The molecular weight excluding hydrogens is 236 g/mol. The second-order valence-corrected chi connectivity index (χ2v) is 3.28. The summed E-state index contributed by atoms with van der Waals surface area (Å²) >= 11 is 3.36. The lowest BCUT2D eigenvalue weighted by Gasteiger charge is -1.99. The lowest BCUT2D eigenvalue weighted by Crippen LogP contribution is -2.04. The van der Waals surface area contributed by atoms with Gasteiger partial charge in [0.25, 0.3) is 0 Å². The Labute approximate surface area is 85.0 Å². The van der Waals surface area contributed by atoms with Crippen LogP contribution in [0.15, 0.2) is 10.8 Å². The molecule has 0 saturated heterocycles. The molecule has 0 aromatic carbocycles. The largest absolute Gasteiger partial charge is 0.469 e. The van der Waals surface area contributed by atoms with Crippen molar-refractivity contribution < 1.29 is 9.53 Å². The van der Waals surface area contributed by atoms with Crippen molar-refractivity contribution in [2.75, 3.05) is 7.11 Å². The monoisotopic (exact) mass is 246 g/mol. The average molecular weight is 247 g/mol. The van der Waals surface area contributed by atoms with E-state index >= 15 is 0 Å². The van der Waals surface area contributed by atoms with Crippen molar-refractivity contribution in [1.29, 1.82) is 0 Å². The van der Waals surface area contributed by atoms with Gasteiger partial charge >= 0.3 is 5.97 Å². The third-order valence-corrected chi connectivity index (χ3v) is 2.63. The van der Waals surface area contributed by atoms with Crippen LogP contribution in [0.3, 0.4) is 0 Å². The highest BCUT2D eigenvalue weighted by atomic mass is 79.9. The highest BCUT2D eigenvalue weighted by Crippen LogP contribution is 2.16. The Balaban J connectivity index is 2.78. The van der Waals surface area contributed by atoms with E-state index in [-0.39, 0.29) is 12.4 Å². The minimum absolute atomic E-state index is 0.253. The molecule has 0 amide bonds. The molecule has 0 aliphatic heterocycles. The summed E-state index contributed by atoms with van der Waals surface area (Å²) in [7, 11) is 1.38. The molecule has 0 N–H and O–H groups in total. The molecule has 0 radical (unpaired) electrons. The van der Waals surface area contributed by atoms with Gasteiger partial charge < -0.3 is 4.74 Å². The van der Waals surface area contributed by atoms with E-state index in [9.17, 15) is 4.79 Å². The fraction of sp³-hybridized carbons (Fsp3) is 0.500. The predicted molar refractivity (Wildman–Crippen MR) is 51.3 cm³/mol. The van der Waals surface area contributed by atoms with Crippen LogP contribution < -0.4 is 0 Å². The second kappa shape index (κ2) is 4.41. The molecule has 1 heterocycles. The number of hydrogen-bond acceptors (Lipinski definition) is 3. The van der Waals surface area contributed by atoms with Crippen molar-refractivity contribution in [2.45, 2.75) is 19.9 Å². The van der Waals surface area contributed by atoms with Gasteiger partial charge in [-0.25, -0.2) is 0 Å².